The van der Waals surface area contributed by atoms with Crippen LogP contribution in [0.2, 0.25) is 0 Å². The minimum absolute atomic E-state index is 0.108. The van der Waals surface area contributed by atoms with Gasteiger partial charge < -0.3 is 24.4 Å². The summed E-state index contributed by atoms with van der Waals surface area (Å²) in [6, 6.07) is 11.7. The van der Waals surface area contributed by atoms with E-state index < -0.39 is 77.2 Å². The fourth-order valence-corrected chi connectivity index (χ4v) is 4.73. The molecule has 3 rings (SSSR count). The molecular weight excluding hydrogens is 678 g/mol. The molecular formula is C34H32F6N2O8. The Bertz CT molecular complexity index is 1720. The third kappa shape index (κ3) is 8.98. The van der Waals surface area contributed by atoms with Crippen molar-refractivity contribution in [1.82, 2.24) is 4.90 Å². The molecule has 0 atom stereocenters. The maximum atomic E-state index is 13.7. The molecule has 0 bridgehead atoms. The molecule has 0 radical (unpaired) electrons. The second kappa shape index (κ2) is 15.9. The van der Waals surface area contributed by atoms with Gasteiger partial charge in [0.25, 0.3) is 11.8 Å². The number of benzene rings is 3. The number of carbonyl (C=O) groups excluding carboxylic acids is 5. The zero-order valence-corrected chi connectivity index (χ0v) is 27.2. The second-order valence-electron chi connectivity index (χ2n) is 10.8. The van der Waals surface area contributed by atoms with Crippen molar-refractivity contribution in [2.24, 2.45) is 0 Å². The number of amides is 2. The smallest absolute Gasteiger partial charge is 0.417 e. The number of hydrogen-bond donors (Lipinski definition) is 1. The van der Waals surface area contributed by atoms with Gasteiger partial charge in [0.2, 0.25) is 5.41 Å². The monoisotopic (exact) mass is 710 g/mol. The molecule has 3 aromatic rings. The lowest BCUT2D eigenvalue weighted by atomic mass is 9.81. The van der Waals surface area contributed by atoms with E-state index in [1.54, 1.807) is 18.2 Å². The van der Waals surface area contributed by atoms with Crippen molar-refractivity contribution in [2.75, 3.05) is 39.2 Å². The summed E-state index contributed by atoms with van der Waals surface area (Å²) in [6.45, 7) is 2.00. The van der Waals surface area contributed by atoms with Crippen molar-refractivity contribution >= 4 is 35.4 Å². The van der Waals surface area contributed by atoms with E-state index in [4.69, 9.17) is 14.2 Å². The van der Waals surface area contributed by atoms with Crippen LogP contribution in [0.15, 0.2) is 66.7 Å². The van der Waals surface area contributed by atoms with Crippen LogP contribution in [0.3, 0.4) is 0 Å². The molecule has 0 spiro atoms. The average Bonchev–Trinajstić information content (AvgIpc) is 3.05. The number of nitrogens with one attached hydrogen (secondary N) is 1. The van der Waals surface area contributed by atoms with Crippen molar-refractivity contribution in [2.45, 2.75) is 38.0 Å². The topological polar surface area (TPSA) is 128 Å². The van der Waals surface area contributed by atoms with Gasteiger partial charge in [-0.2, -0.15) is 26.3 Å². The molecule has 0 saturated carbocycles. The summed E-state index contributed by atoms with van der Waals surface area (Å²) in [7, 11) is 2.67. The van der Waals surface area contributed by atoms with Crippen LogP contribution in [0.5, 0.6) is 0 Å². The summed E-state index contributed by atoms with van der Waals surface area (Å²) >= 11 is 0. The lowest BCUT2D eigenvalue weighted by Gasteiger charge is -2.29. The largest absolute Gasteiger partial charge is 0.465 e. The first-order chi connectivity index (χ1) is 23.4. The van der Waals surface area contributed by atoms with E-state index in [-0.39, 0.29) is 41.7 Å². The molecule has 0 heterocycles. The first kappa shape index (κ1) is 39.0. The molecule has 0 aromatic heterocycles. The zero-order valence-electron chi connectivity index (χ0n) is 27.2. The number of anilines is 1. The lowest BCUT2D eigenvalue weighted by molar-refractivity contribution is -0.170. The number of hydrogen-bond acceptors (Lipinski definition) is 8. The number of alkyl halides is 6. The molecule has 0 fully saturated rings. The highest BCUT2D eigenvalue weighted by atomic mass is 19.4. The average molecular weight is 711 g/mol. The van der Waals surface area contributed by atoms with Gasteiger partial charge in [-0.1, -0.05) is 36.4 Å². The molecule has 0 aliphatic heterocycles. The Morgan fingerprint density at radius 1 is 0.700 bits per heavy atom. The van der Waals surface area contributed by atoms with E-state index in [0.29, 0.717) is 12.1 Å². The maximum Gasteiger partial charge on any atom is 0.417 e. The van der Waals surface area contributed by atoms with Gasteiger partial charge >= 0.3 is 30.3 Å². The van der Waals surface area contributed by atoms with Crippen LogP contribution < -0.4 is 5.32 Å². The summed E-state index contributed by atoms with van der Waals surface area (Å²) in [6.07, 6.45) is -11.0. The highest BCUT2D eigenvalue weighted by Gasteiger charge is 2.52. The Morgan fingerprint density at radius 2 is 1.30 bits per heavy atom. The van der Waals surface area contributed by atoms with Crippen molar-refractivity contribution in [1.29, 1.82) is 0 Å². The quantitative estimate of drug-likeness (QED) is 0.108. The molecule has 0 aliphatic rings. The summed E-state index contributed by atoms with van der Waals surface area (Å²) < 4.78 is 96.1. The van der Waals surface area contributed by atoms with E-state index >= 15 is 0 Å². The summed E-state index contributed by atoms with van der Waals surface area (Å²) in [5.41, 5.74) is -7.14. The first-order valence-electron chi connectivity index (χ1n) is 14.9. The molecule has 1 N–H and O–H groups in total. The van der Waals surface area contributed by atoms with Crippen molar-refractivity contribution in [3.8, 4) is 0 Å². The minimum atomic E-state index is -5.33. The number of nitrogens with zero attached hydrogens (tertiary/aromatic N) is 1. The minimum Gasteiger partial charge on any atom is -0.465 e. The second-order valence-corrected chi connectivity index (χ2v) is 10.8. The molecule has 3 aromatic carbocycles. The molecule has 16 heteroatoms. The van der Waals surface area contributed by atoms with Crippen LogP contribution in [0, 0.1) is 0 Å². The van der Waals surface area contributed by atoms with E-state index in [1.807, 2.05) is 0 Å². The number of ether oxygens (including phenoxy) is 3. The Balaban J connectivity index is 1.94. The SMILES string of the molecule is CCOC(=O)C(COC(=O)Cc1ccc(NC(=O)c2ccc(C(F)(F)F)cc2C(F)(F)F)c(C(=O)N(C)C)c1)(C(=O)OCC)c1ccccc1. The Hall–Kier alpha value is -5.41. The van der Waals surface area contributed by atoms with E-state index in [2.05, 4.69) is 5.32 Å². The van der Waals surface area contributed by atoms with Gasteiger partial charge in [0.05, 0.1) is 47.6 Å². The number of rotatable bonds is 12. The summed E-state index contributed by atoms with van der Waals surface area (Å²) in [5.74, 6) is -5.25. The fraction of sp³-hybridized carbons (Fsp3) is 0.324. The third-order valence-electron chi connectivity index (χ3n) is 7.18. The molecule has 0 saturated heterocycles. The van der Waals surface area contributed by atoms with Crippen LogP contribution in [0.25, 0.3) is 0 Å². The first-order valence-corrected chi connectivity index (χ1v) is 14.9. The predicted octanol–water partition coefficient (Wildman–Crippen LogP) is 5.83. The standard InChI is InChI=1S/C34H32F6N2O8/c1-5-48-30(46)32(31(47)49-6-2,21-10-8-7-9-11-21)19-50-27(43)17-20-12-15-26(24(16-20)29(45)42(3)4)41-28(44)23-14-13-22(33(35,36)37)18-25(23)34(38,39)40/h7-16,18H,5-6,17,19H2,1-4H3,(H,41,44). The third-order valence-corrected chi connectivity index (χ3v) is 7.18. The highest BCUT2D eigenvalue weighted by Crippen LogP contribution is 2.38. The van der Waals surface area contributed by atoms with Crippen LogP contribution in [0.4, 0.5) is 32.0 Å². The van der Waals surface area contributed by atoms with E-state index in [1.165, 1.54) is 46.1 Å². The van der Waals surface area contributed by atoms with E-state index in [9.17, 15) is 50.3 Å². The normalized spacial score (nSPS) is 11.7. The molecule has 268 valence electrons. The molecule has 0 unspecified atom stereocenters. The fourth-order valence-electron chi connectivity index (χ4n) is 4.73. The van der Waals surface area contributed by atoms with Crippen molar-refractivity contribution in [3.05, 3.63) is 100 Å². The van der Waals surface area contributed by atoms with Crippen molar-refractivity contribution < 1.29 is 64.5 Å². The van der Waals surface area contributed by atoms with Crippen LogP contribution in [-0.2, 0) is 52.8 Å². The van der Waals surface area contributed by atoms with Gasteiger partial charge in [-0.25, -0.2) is 0 Å². The Labute approximate surface area is 282 Å². The van der Waals surface area contributed by atoms with Gasteiger partial charge in [-0.3, -0.25) is 24.0 Å². The number of halogens is 6. The predicted molar refractivity (Wildman–Crippen MR) is 165 cm³/mol. The molecule has 2 amide bonds. The van der Waals surface area contributed by atoms with Crippen LogP contribution in [-0.4, -0.2) is 68.5 Å². The van der Waals surface area contributed by atoms with Crippen LogP contribution >= 0.6 is 0 Å². The van der Waals surface area contributed by atoms with Gasteiger partial charge in [0.15, 0.2) is 0 Å². The summed E-state index contributed by atoms with van der Waals surface area (Å²) in [4.78, 5) is 66.6. The van der Waals surface area contributed by atoms with Gasteiger partial charge in [0, 0.05) is 14.1 Å². The van der Waals surface area contributed by atoms with Gasteiger partial charge in [-0.05, 0) is 55.3 Å². The zero-order chi connectivity index (χ0) is 37.4. The van der Waals surface area contributed by atoms with Gasteiger partial charge in [0.1, 0.15) is 6.61 Å². The Morgan fingerprint density at radius 3 is 1.82 bits per heavy atom. The highest BCUT2D eigenvalue weighted by molar-refractivity contribution is 6.10. The number of carbonyl (C=O) groups is 5. The maximum absolute atomic E-state index is 13.7. The molecule has 0 aliphatic carbocycles. The van der Waals surface area contributed by atoms with E-state index in [0.717, 1.165) is 17.0 Å². The molecule has 50 heavy (non-hydrogen) atoms. The van der Waals surface area contributed by atoms with Crippen LogP contribution in [0.1, 0.15) is 56.8 Å². The van der Waals surface area contributed by atoms with Gasteiger partial charge in [-0.15, -0.1) is 0 Å². The lowest BCUT2D eigenvalue weighted by Crippen LogP contribution is -2.50. The number of esters is 3. The Kier molecular flexibility index (Phi) is 12.4. The van der Waals surface area contributed by atoms with Crippen molar-refractivity contribution in [3.63, 3.8) is 0 Å². The molecule has 10 nitrogen and oxygen atoms in total. The summed E-state index contributed by atoms with van der Waals surface area (Å²) in [5, 5.41) is 2.14.